The molecule has 7 heteroatoms. The van der Waals surface area contributed by atoms with Gasteiger partial charge < -0.3 is 10.8 Å². The maximum absolute atomic E-state index is 15.2. The minimum atomic E-state index is -0.722. The molecule has 1 aliphatic rings. The smallest absolute Gasteiger partial charge is 0.193 e. The third kappa shape index (κ3) is 3.27. The molecule has 2 aromatic heterocycles. The molecule has 1 fully saturated rings. The number of hydrogen-bond donors (Lipinski definition) is 2. The largest absolute Gasteiger partial charge is 0.390 e. The fourth-order valence-corrected chi connectivity index (χ4v) is 4.35. The van der Waals surface area contributed by atoms with Crippen LogP contribution in [0.5, 0.6) is 0 Å². The number of aliphatic hydroxyl groups is 1. The van der Waals surface area contributed by atoms with Gasteiger partial charge in [-0.1, -0.05) is 36.4 Å². The van der Waals surface area contributed by atoms with E-state index < -0.39 is 11.4 Å². The van der Waals surface area contributed by atoms with Crippen molar-refractivity contribution in [2.45, 2.75) is 31.3 Å². The van der Waals surface area contributed by atoms with E-state index in [9.17, 15) is 9.90 Å². The highest BCUT2D eigenvalue weighted by molar-refractivity contribution is 6.09. The third-order valence-corrected chi connectivity index (χ3v) is 5.87. The molecule has 2 aromatic carbocycles. The van der Waals surface area contributed by atoms with E-state index >= 15 is 4.39 Å². The van der Waals surface area contributed by atoms with Crippen LogP contribution in [-0.2, 0) is 0 Å². The molecule has 2 heterocycles. The van der Waals surface area contributed by atoms with Crippen molar-refractivity contribution in [2.24, 2.45) is 0 Å². The van der Waals surface area contributed by atoms with Crippen LogP contribution in [0, 0.1) is 5.82 Å². The highest BCUT2D eigenvalue weighted by Gasteiger charge is 2.41. The highest BCUT2D eigenvalue weighted by Crippen LogP contribution is 2.45. The summed E-state index contributed by atoms with van der Waals surface area (Å²) in [4.78, 5) is 21.5. The van der Waals surface area contributed by atoms with E-state index in [0.717, 1.165) is 5.82 Å². The van der Waals surface area contributed by atoms with Gasteiger partial charge in [0.1, 0.15) is 28.7 Å². The van der Waals surface area contributed by atoms with Crippen molar-refractivity contribution in [3.8, 4) is 11.3 Å². The van der Waals surface area contributed by atoms with E-state index in [2.05, 4.69) is 4.98 Å². The average molecular weight is 416 g/mol. The summed E-state index contributed by atoms with van der Waals surface area (Å²) in [5, 5.41) is 10.2. The Morgan fingerprint density at radius 3 is 2.61 bits per heavy atom. The van der Waals surface area contributed by atoms with Gasteiger partial charge >= 0.3 is 0 Å². The zero-order valence-corrected chi connectivity index (χ0v) is 16.9. The molecule has 1 saturated carbocycles. The summed E-state index contributed by atoms with van der Waals surface area (Å²) in [7, 11) is 0. The minimum Gasteiger partial charge on any atom is -0.390 e. The second kappa shape index (κ2) is 6.99. The molecular weight excluding hydrogens is 395 g/mol. The van der Waals surface area contributed by atoms with Crippen LogP contribution in [0.4, 0.5) is 10.2 Å². The lowest BCUT2D eigenvalue weighted by atomic mass is 9.72. The molecule has 0 amide bonds. The van der Waals surface area contributed by atoms with Crippen LogP contribution in [0.2, 0.25) is 0 Å². The second-order valence-corrected chi connectivity index (χ2v) is 8.34. The summed E-state index contributed by atoms with van der Waals surface area (Å²) in [6.07, 6.45) is 4.46. The van der Waals surface area contributed by atoms with Crippen molar-refractivity contribution in [1.82, 2.24) is 14.4 Å². The zero-order chi connectivity index (χ0) is 21.8. The van der Waals surface area contributed by atoms with Crippen molar-refractivity contribution >= 4 is 17.1 Å². The first-order valence-electron chi connectivity index (χ1n) is 10.1. The zero-order valence-electron chi connectivity index (χ0n) is 16.9. The number of nitrogens with zero attached hydrogens (tertiary/aromatic N) is 3. The van der Waals surface area contributed by atoms with E-state index in [1.807, 2.05) is 10.5 Å². The molecular formula is C24H21FN4O2. The monoisotopic (exact) mass is 416 g/mol. The Labute approximate surface area is 178 Å². The molecule has 0 bridgehead atoms. The summed E-state index contributed by atoms with van der Waals surface area (Å²) in [5.74, 6) is 0.192. The maximum Gasteiger partial charge on any atom is 0.193 e. The van der Waals surface area contributed by atoms with Crippen LogP contribution in [0.25, 0.3) is 16.8 Å². The minimum absolute atomic E-state index is 0.0417. The van der Waals surface area contributed by atoms with Crippen molar-refractivity contribution in [3.05, 3.63) is 83.7 Å². The summed E-state index contributed by atoms with van der Waals surface area (Å²) in [6, 6.07) is 13.1. The van der Waals surface area contributed by atoms with Gasteiger partial charge in [0.15, 0.2) is 5.78 Å². The molecule has 0 spiro atoms. The molecule has 0 radical (unpaired) electrons. The van der Waals surface area contributed by atoms with Gasteiger partial charge in [0.05, 0.1) is 5.60 Å². The van der Waals surface area contributed by atoms with Gasteiger partial charge in [-0.2, -0.15) is 0 Å². The fourth-order valence-electron chi connectivity index (χ4n) is 4.35. The third-order valence-electron chi connectivity index (χ3n) is 5.87. The van der Waals surface area contributed by atoms with Crippen LogP contribution in [0.15, 0.2) is 60.9 Å². The Hall–Kier alpha value is -3.58. The van der Waals surface area contributed by atoms with Gasteiger partial charge in [-0.05, 0) is 31.9 Å². The summed E-state index contributed by atoms with van der Waals surface area (Å²) in [5.41, 5.74) is 7.31. The average Bonchev–Trinajstić information content (AvgIpc) is 3.12. The summed E-state index contributed by atoms with van der Waals surface area (Å²) < 4.78 is 17.0. The van der Waals surface area contributed by atoms with Crippen molar-refractivity contribution < 1.29 is 14.3 Å². The van der Waals surface area contributed by atoms with Gasteiger partial charge in [0.2, 0.25) is 0 Å². The number of imidazole rings is 1. The molecule has 0 saturated heterocycles. The molecule has 5 rings (SSSR count). The molecule has 1 aliphatic carbocycles. The highest BCUT2D eigenvalue weighted by atomic mass is 19.1. The predicted octanol–water partition coefficient (Wildman–Crippen LogP) is 3.98. The van der Waals surface area contributed by atoms with E-state index in [4.69, 9.17) is 10.7 Å². The first-order valence-corrected chi connectivity index (χ1v) is 10.1. The van der Waals surface area contributed by atoms with E-state index in [-0.39, 0.29) is 28.6 Å². The summed E-state index contributed by atoms with van der Waals surface area (Å²) >= 11 is 0. The lowest BCUT2D eigenvalue weighted by Crippen LogP contribution is -2.40. The number of nitrogen functional groups attached to an aromatic ring is 1. The number of aromatic nitrogens is 3. The predicted molar refractivity (Wildman–Crippen MR) is 115 cm³/mol. The normalized spacial score (nSPS) is 20.5. The van der Waals surface area contributed by atoms with Crippen molar-refractivity contribution in [3.63, 3.8) is 0 Å². The van der Waals surface area contributed by atoms with Gasteiger partial charge in [0, 0.05) is 35.0 Å². The number of carbonyl (C=O) groups is 1. The van der Waals surface area contributed by atoms with Crippen LogP contribution in [0.1, 0.15) is 47.4 Å². The van der Waals surface area contributed by atoms with Gasteiger partial charge in [0.25, 0.3) is 0 Å². The van der Waals surface area contributed by atoms with Crippen LogP contribution >= 0.6 is 0 Å². The molecule has 0 unspecified atom stereocenters. The molecule has 0 aliphatic heterocycles. The number of benzene rings is 2. The topological polar surface area (TPSA) is 93.5 Å². The number of fused-ring (bicyclic) bond motifs is 1. The van der Waals surface area contributed by atoms with Gasteiger partial charge in [-0.25, -0.2) is 14.4 Å². The number of ketones is 1. The molecule has 31 heavy (non-hydrogen) atoms. The standard InChI is InChI=1S/C24H21FN4O2/c1-24(31)12-16(13-24)23-28-19(20-22(26)27-9-10-29(20)23)17-8-7-15(11-18(17)25)21(30)14-5-3-2-4-6-14/h2-11,16,31H,12-13H2,1H3,(H2,26,27)/t16-,24+. The van der Waals surface area contributed by atoms with E-state index in [0.29, 0.717) is 29.6 Å². The van der Waals surface area contributed by atoms with Crippen LogP contribution in [0.3, 0.4) is 0 Å². The van der Waals surface area contributed by atoms with E-state index in [1.54, 1.807) is 55.7 Å². The number of carbonyl (C=O) groups excluding carboxylic acids is 1. The van der Waals surface area contributed by atoms with E-state index in [1.165, 1.54) is 6.07 Å². The molecule has 0 atom stereocenters. The van der Waals surface area contributed by atoms with Crippen LogP contribution in [-0.4, -0.2) is 30.9 Å². The summed E-state index contributed by atoms with van der Waals surface area (Å²) in [6.45, 7) is 1.79. The molecule has 156 valence electrons. The second-order valence-electron chi connectivity index (χ2n) is 8.34. The molecule has 4 aromatic rings. The Morgan fingerprint density at radius 1 is 1.19 bits per heavy atom. The Kier molecular flexibility index (Phi) is 4.37. The molecule has 6 nitrogen and oxygen atoms in total. The molecule has 3 N–H and O–H groups in total. The maximum atomic E-state index is 15.2. The first-order chi connectivity index (χ1) is 14.8. The number of halogens is 1. The van der Waals surface area contributed by atoms with Crippen molar-refractivity contribution in [2.75, 3.05) is 5.73 Å². The number of hydrogen-bond acceptors (Lipinski definition) is 5. The Morgan fingerprint density at radius 2 is 1.94 bits per heavy atom. The van der Waals surface area contributed by atoms with Gasteiger partial charge in [-0.15, -0.1) is 0 Å². The Balaban J connectivity index is 1.59. The fraction of sp³-hybridized carbons (Fsp3) is 0.208. The van der Waals surface area contributed by atoms with Crippen LogP contribution < -0.4 is 5.73 Å². The number of nitrogens with two attached hydrogens (primary N) is 1. The number of rotatable bonds is 4. The van der Waals surface area contributed by atoms with Gasteiger partial charge in [-0.3, -0.25) is 9.20 Å². The van der Waals surface area contributed by atoms with Crippen molar-refractivity contribution in [1.29, 1.82) is 0 Å². The lowest BCUT2D eigenvalue weighted by molar-refractivity contribution is -0.0335. The Bertz CT molecular complexity index is 1310. The quantitative estimate of drug-likeness (QED) is 0.491. The SMILES string of the molecule is C[C@]1(O)C[C@@H](c2nc(-c3ccc(C(=O)c4ccccc4)cc3F)c3c(N)nccn32)C1. The first kappa shape index (κ1) is 19.4. The lowest BCUT2D eigenvalue weighted by Gasteiger charge is -2.40. The number of anilines is 1.